The van der Waals surface area contributed by atoms with Gasteiger partial charge >= 0.3 is 16.3 Å². The first kappa shape index (κ1) is 17.6. The smallest absolute Gasteiger partial charge is 0.364 e. The van der Waals surface area contributed by atoms with Crippen LogP contribution in [0.4, 0.5) is 15.8 Å². The summed E-state index contributed by atoms with van der Waals surface area (Å²) in [6.07, 6.45) is 0. The monoisotopic (exact) mass is 451 g/mol. The Morgan fingerprint density at radius 1 is 1.22 bits per heavy atom. The molecule has 0 spiro atoms. The van der Waals surface area contributed by atoms with Gasteiger partial charge in [-0.2, -0.15) is 8.42 Å². The zero-order valence-electron chi connectivity index (χ0n) is 11.7. The largest absolute Gasteiger partial charge is 0.465 e. The maximum absolute atomic E-state index is 13.6. The highest BCUT2D eigenvalue weighted by Gasteiger charge is 2.27. The lowest BCUT2D eigenvalue weighted by molar-refractivity contribution is 0.0601. The normalized spacial score (nSPS) is 11.1. The molecule has 0 radical (unpaired) electrons. The second kappa shape index (κ2) is 6.81. The van der Waals surface area contributed by atoms with Crippen molar-refractivity contribution in [2.45, 2.75) is 0 Å². The van der Waals surface area contributed by atoms with Crippen LogP contribution in [0.25, 0.3) is 0 Å². The zero-order chi connectivity index (χ0) is 17.2. The van der Waals surface area contributed by atoms with Crippen molar-refractivity contribution in [1.29, 1.82) is 0 Å². The summed E-state index contributed by atoms with van der Waals surface area (Å²) in [4.78, 5) is 11.8. The maximum Gasteiger partial charge on any atom is 0.364 e. The Kier molecular flexibility index (Phi) is 5.22. The van der Waals surface area contributed by atoms with Gasteiger partial charge in [-0.1, -0.05) is 0 Å². The Bertz CT molecular complexity index is 839. The first-order chi connectivity index (χ1) is 10.7. The van der Waals surface area contributed by atoms with Crippen molar-refractivity contribution in [3.63, 3.8) is 0 Å². The van der Waals surface area contributed by atoms with Crippen LogP contribution < -0.4 is 4.31 Å². The minimum atomic E-state index is -4.81. The predicted octanol–water partition coefficient (Wildman–Crippen LogP) is 3.16. The molecule has 0 saturated heterocycles. The Morgan fingerprint density at radius 3 is 2.35 bits per heavy atom. The van der Waals surface area contributed by atoms with Crippen molar-refractivity contribution in [1.82, 2.24) is 0 Å². The Morgan fingerprint density at radius 2 is 1.83 bits per heavy atom. The van der Waals surface area contributed by atoms with E-state index < -0.39 is 22.1 Å². The van der Waals surface area contributed by atoms with Gasteiger partial charge in [0.05, 0.1) is 24.0 Å². The number of methoxy groups -OCH3 is 1. The summed E-state index contributed by atoms with van der Waals surface area (Å²) in [6, 6.07) is 8.95. The molecule has 2 rings (SSSR count). The number of hydrogen-bond acceptors (Lipinski definition) is 4. The number of benzene rings is 2. The van der Waals surface area contributed by atoms with E-state index in [1.54, 1.807) is 12.1 Å². The van der Waals surface area contributed by atoms with Crippen LogP contribution in [-0.4, -0.2) is 26.0 Å². The second-order valence-corrected chi connectivity index (χ2v) is 6.88. The number of anilines is 2. The van der Waals surface area contributed by atoms with Crippen LogP contribution in [0.15, 0.2) is 42.5 Å². The topological polar surface area (TPSA) is 83.9 Å². The van der Waals surface area contributed by atoms with Gasteiger partial charge in [0.15, 0.2) is 0 Å². The molecule has 6 nitrogen and oxygen atoms in total. The molecule has 2 aromatic carbocycles. The molecule has 0 amide bonds. The first-order valence-corrected chi connectivity index (χ1v) is 8.63. The van der Waals surface area contributed by atoms with E-state index >= 15 is 0 Å². The van der Waals surface area contributed by atoms with E-state index in [0.29, 0.717) is 4.31 Å². The van der Waals surface area contributed by atoms with Crippen molar-refractivity contribution < 1.29 is 26.9 Å². The fraction of sp³-hybridized carbons (Fsp3) is 0.0714. The molecule has 0 saturated carbocycles. The first-order valence-electron chi connectivity index (χ1n) is 6.15. The molecule has 2 aromatic rings. The van der Waals surface area contributed by atoms with Crippen LogP contribution in [0.3, 0.4) is 0 Å². The van der Waals surface area contributed by atoms with Crippen molar-refractivity contribution in [3.8, 4) is 0 Å². The summed E-state index contributed by atoms with van der Waals surface area (Å²) in [7, 11) is -3.70. The van der Waals surface area contributed by atoms with Gasteiger partial charge in [0.25, 0.3) is 0 Å². The molecule has 0 heterocycles. The molecular weight excluding hydrogens is 440 g/mol. The number of ether oxygens (including phenoxy) is 1. The van der Waals surface area contributed by atoms with Gasteiger partial charge < -0.3 is 4.74 Å². The lowest BCUT2D eigenvalue weighted by Gasteiger charge is -2.23. The number of nitrogens with zero attached hydrogens (tertiary/aromatic N) is 1. The SMILES string of the molecule is COC(=O)c1ccc(F)cc1N(c1ccc(I)cc1)S(=O)(=O)O. The summed E-state index contributed by atoms with van der Waals surface area (Å²) in [5.41, 5.74) is -0.505. The summed E-state index contributed by atoms with van der Waals surface area (Å²) in [6.45, 7) is 0. The van der Waals surface area contributed by atoms with Crippen LogP contribution in [0, 0.1) is 9.39 Å². The number of hydrogen-bond donors (Lipinski definition) is 1. The van der Waals surface area contributed by atoms with E-state index in [1.165, 1.54) is 12.1 Å². The third-order valence-electron chi connectivity index (χ3n) is 2.88. The fourth-order valence-corrected chi connectivity index (χ4v) is 3.08. The molecule has 0 atom stereocenters. The third-order valence-corrected chi connectivity index (χ3v) is 4.46. The summed E-state index contributed by atoms with van der Waals surface area (Å²) in [5.74, 6) is -1.63. The lowest BCUT2D eigenvalue weighted by atomic mass is 10.1. The standard InChI is InChI=1S/C14H11FINO5S/c1-22-14(18)12-7-2-9(15)8-13(12)17(23(19,20)21)11-5-3-10(16)4-6-11/h2-8H,1H3,(H,19,20,21). The summed E-state index contributed by atoms with van der Waals surface area (Å²) in [5, 5.41) is 0. The highest BCUT2D eigenvalue weighted by Crippen LogP contribution is 2.32. The van der Waals surface area contributed by atoms with E-state index in [9.17, 15) is 22.2 Å². The van der Waals surface area contributed by atoms with Crippen molar-refractivity contribution in [2.75, 3.05) is 11.4 Å². The molecule has 1 N–H and O–H groups in total. The lowest BCUT2D eigenvalue weighted by Crippen LogP contribution is -2.27. The zero-order valence-corrected chi connectivity index (χ0v) is 14.7. The van der Waals surface area contributed by atoms with E-state index in [2.05, 4.69) is 4.74 Å². The van der Waals surface area contributed by atoms with Crippen LogP contribution >= 0.6 is 22.6 Å². The molecule has 23 heavy (non-hydrogen) atoms. The van der Waals surface area contributed by atoms with Gasteiger partial charge in [0, 0.05) is 3.57 Å². The number of esters is 1. The number of carbonyl (C=O) groups is 1. The van der Waals surface area contributed by atoms with Crippen molar-refractivity contribution >= 4 is 50.2 Å². The van der Waals surface area contributed by atoms with Crippen LogP contribution in [0.5, 0.6) is 0 Å². The molecule has 122 valence electrons. The summed E-state index contributed by atoms with van der Waals surface area (Å²) >= 11 is 2.02. The Balaban J connectivity index is 2.73. The van der Waals surface area contributed by atoms with E-state index in [4.69, 9.17) is 0 Å². The number of carbonyl (C=O) groups excluding carboxylic acids is 1. The van der Waals surface area contributed by atoms with Gasteiger partial charge in [0.2, 0.25) is 0 Å². The second-order valence-electron chi connectivity index (χ2n) is 4.37. The average Bonchev–Trinajstić information content (AvgIpc) is 2.47. The molecule has 0 bridgehead atoms. The predicted molar refractivity (Wildman–Crippen MR) is 90.6 cm³/mol. The van der Waals surface area contributed by atoms with Crippen molar-refractivity contribution in [2.24, 2.45) is 0 Å². The fourth-order valence-electron chi connectivity index (χ4n) is 1.93. The molecule has 0 fully saturated rings. The van der Waals surface area contributed by atoms with Crippen LogP contribution in [0.2, 0.25) is 0 Å². The molecular formula is C14H11FINO5S. The Labute approximate surface area is 145 Å². The van der Waals surface area contributed by atoms with Crippen LogP contribution in [0.1, 0.15) is 10.4 Å². The van der Waals surface area contributed by atoms with Gasteiger partial charge in [-0.15, -0.1) is 0 Å². The van der Waals surface area contributed by atoms with Gasteiger partial charge in [-0.3, -0.25) is 4.55 Å². The molecule has 0 unspecified atom stereocenters. The third kappa shape index (κ3) is 3.98. The highest BCUT2D eigenvalue weighted by atomic mass is 127. The van der Waals surface area contributed by atoms with Crippen LogP contribution in [-0.2, 0) is 15.0 Å². The molecule has 0 aliphatic rings. The Hall–Kier alpha value is -1.72. The quantitative estimate of drug-likeness (QED) is 0.439. The highest BCUT2D eigenvalue weighted by molar-refractivity contribution is 14.1. The molecule has 0 aliphatic heterocycles. The van der Waals surface area contributed by atoms with Gasteiger partial charge in [-0.25, -0.2) is 13.5 Å². The van der Waals surface area contributed by atoms with Gasteiger partial charge in [0.1, 0.15) is 5.82 Å². The number of halogens is 2. The number of rotatable bonds is 4. The van der Waals surface area contributed by atoms with E-state index in [1.807, 2.05) is 22.6 Å². The maximum atomic E-state index is 13.6. The average molecular weight is 451 g/mol. The minimum absolute atomic E-state index is 0.0451. The minimum Gasteiger partial charge on any atom is -0.465 e. The molecule has 0 aliphatic carbocycles. The summed E-state index contributed by atoms with van der Waals surface area (Å²) < 4.78 is 52.6. The van der Waals surface area contributed by atoms with Crippen molar-refractivity contribution in [3.05, 3.63) is 57.4 Å². The molecule has 0 aromatic heterocycles. The van der Waals surface area contributed by atoms with E-state index in [-0.39, 0.29) is 16.9 Å². The molecule has 9 heteroatoms. The van der Waals surface area contributed by atoms with Gasteiger partial charge in [-0.05, 0) is 65.1 Å². The van der Waals surface area contributed by atoms with E-state index in [0.717, 1.165) is 28.9 Å².